The van der Waals surface area contributed by atoms with Crippen molar-refractivity contribution in [2.75, 3.05) is 36.5 Å². The number of amides is 1. The summed E-state index contributed by atoms with van der Waals surface area (Å²) < 4.78 is 11.5. The van der Waals surface area contributed by atoms with Gasteiger partial charge in [-0.25, -0.2) is 9.97 Å². The monoisotopic (exact) mass is 388 g/mol. The molecule has 0 saturated carbocycles. The molecule has 0 atom stereocenters. The summed E-state index contributed by atoms with van der Waals surface area (Å²) in [5.41, 5.74) is 1.92. The molecule has 2 aliphatic rings. The largest absolute Gasteiger partial charge is 0.347 e. The Labute approximate surface area is 162 Å². The zero-order valence-electron chi connectivity index (χ0n) is 15.1. The van der Waals surface area contributed by atoms with Crippen LogP contribution in [0.3, 0.4) is 0 Å². The standard InChI is InChI=1S/C19H21ClN4O3/c1-13-12-14(20)2-3-15(13)22-17(25)16-4-7-21-18(23-16)24-8-5-19(6-9-24)26-10-11-27-19/h2-4,7,12H,5-6,8-11H2,1H3,(H,22,25). The van der Waals surface area contributed by atoms with Gasteiger partial charge in [-0.2, -0.15) is 0 Å². The molecule has 8 heteroatoms. The molecule has 1 amide bonds. The minimum absolute atomic E-state index is 0.278. The zero-order chi connectivity index (χ0) is 18.9. The number of hydrogen-bond acceptors (Lipinski definition) is 6. The number of hydrogen-bond donors (Lipinski definition) is 1. The molecule has 0 radical (unpaired) electrons. The molecule has 142 valence electrons. The lowest BCUT2D eigenvalue weighted by Crippen LogP contribution is -2.45. The Balaban J connectivity index is 1.45. The first kappa shape index (κ1) is 18.2. The lowest BCUT2D eigenvalue weighted by Gasteiger charge is -2.37. The highest BCUT2D eigenvalue weighted by Crippen LogP contribution is 2.32. The van der Waals surface area contributed by atoms with Crippen LogP contribution < -0.4 is 10.2 Å². The van der Waals surface area contributed by atoms with Crippen LogP contribution in [0.2, 0.25) is 5.02 Å². The number of benzene rings is 1. The second-order valence-electron chi connectivity index (χ2n) is 6.75. The number of nitrogens with one attached hydrogen (secondary N) is 1. The van der Waals surface area contributed by atoms with E-state index in [1.807, 2.05) is 6.92 Å². The second kappa shape index (κ2) is 7.42. The lowest BCUT2D eigenvalue weighted by molar-refractivity contribution is -0.169. The van der Waals surface area contributed by atoms with E-state index in [0.717, 1.165) is 31.5 Å². The normalized spacial score (nSPS) is 18.7. The third kappa shape index (κ3) is 3.90. The molecule has 2 saturated heterocycles. The first-order valence-corrected chi connectivity index (χ1v) is 9.36. The second-order valence-corrected chi connectivity index (χ2v) is 7.19. The third-order valence-electron chi connectivity index (χ3n) is 4.93. The number of nitrogens with zero attached hydrogens (tertiary/aromatic N) is 3. The Hall–Kier alpha value is -2.22. The summed E-state index contributed by atoms with van der Waals surface area (Å²) in [7, 11) is 0. The molecule has 1 aromatic carbocycles. The van der Waals surface area contributed by atoms with Crippen molar-refractivity contribution in [1.29, 1.82) is 0 Å². The highest BCUT2D eigenvalue weighted by molar-refractivity contribution is 6.30. The van der Waals surface area contributed by atoms with Crippen LogP contribution in [0.15, 0.2) is 30.5 Å². The van der Waals surface area contributed by atoms with Gasteiger partial charge in [0.15, 0.2) is 5.79 Å². The highest BCUT2D eigenvalue weighted by Gasteiger charge is 2.40. The molecule has 2 fully saturated rings. The Morgan fingerprint density at radius 2 is 1.96 bits per heavy atom. The molecule has 2 aromatic rings. The summed E-state index contributed by atoms with van der Waals surface area (Å²) in [6.45, 7) is 4.64. The van der Waals surface area contributed by atoms with E-state index in [4.69, 9.17) is 21.1 Å². The average molecular weight is 389 g/mol. The third-order valence-corrected chi connectivity index (χ3v) is 5.17. The van der Waals surface area contributed by atoms with Crippen molar-refractivity contribution < 1.29 is 14.3 Å². The van der Waals surface area contributed by atoms with E-state index in [-0.39, 0.29) is 5.91 Å². The van der Waals surface area contributed by atoms with Gasteiger partial charge in [0.05, 0.1) is 13.2 Å². The van der Waals surface area contributed by atoms with E-state index < -0.39 is 5.79 Å². The average Bonchev–Trinajstić information content (AvgIpc) is 3.12. The fourth-order valence-corrected chi connectivity index (χ4v) is 3.64. The maximum absolute atomic E-state index is 12.6. The molecule has 4 rings (SSSR count). The van der Waals surface area contributed by atoms with Crippen molar-refractivity contribution in [1.82, 2.24) is 9.97 Å². The molecule has 3 heterocycles. The molecule has 27 heavy (non-hydrogen) atoms. The predicted molar refractivity (Wildman–Crippen MR) is 102 cm³/mol. The summed E-state index contributed by atoms with van der Waals surface area (Å²) in [6.07, 6.45) is 3.13. The molecule has 2 aliphatic heterocycles. The van der Waals surface area contributed by atoms with Gasteiger partial charge in [-0.15, -0.1) is 0 Å². The van der Waals surface area contributed by atoms with Gasteiger partial charge in [-0.3, -0.25) is 4.79 Å². The summed E-state index contributed by atoms with van der Waals surface area (Å²) in [5.74, 6) is -0.180. The molecular formula is C19H21ClN4O3. The smallest absolute Gasteiger partial charge is 0.274 e. The maximum atomic E-state index is 12.6. The van der Waals surface area contributed by atoms with Gasteiger partial charge in [-0.1, -0.05) is 11.6 Å². The van der Waals surface area contributed by atoms with Gasteiger partial charge in [-0.05, 0) is 36.8 Å². The van der Waals surface area contributed by atoms with Gasteiger partial charge in [0.2, 0.25) is 5.95 Å². The molecule has 1 aromatic heterocycles. The maximum Gasteiger partial charge on any atom is 0.274 e. The van der Waals surface area contributed by atoms with E-state index in [1.54, 1.807) is 30.5 Å². The number of carbonyl (C=O) groups excluding carboxylic acids is 1. The van der Waals surface area contributed by atoms with Gasteiger partial charge in [0.25, 0.3) is 5.91 Å². The molecule has 0 unspecified atom stereocenters. The molecule has 1 N–H and O–H groups in total. The Kier molecular flexibility index (Phi) is 4.99. The quantitative estimate of drug-likeness (QED) is 0.870. The SMILES string of the molecule is Cc1cc(Cl)ccc1NC(=O)c1ccnc(N2CCC3(CC2)OCCO3)n1. The number of halogens is 1. The van der Waals surface area contributed by atoms with Crippen LogP contribution in [-0.4, -0.2) is 48.0 Å². The Morgan fingerprint density at radius 1 is 1.22 bits per heavy atom. The van der Waals surface area contributed by atoms with Crippen molar-refractivity contribution in [3.05, 3.63) is 46.7 Å². The van der Waals surface area contributed by atoms with E-state index in [0.29, 0.717) is 35.6 Å². The number of anilines is 2. The van der Waals surface area contributed by atoms with Crippen LogP contribution in [0.1, 0.15) is 28.9 Å². The molecule has 7 nitrogen and oxygen atoms in total. The lowest BCUT2D eigenvalue weighted by atomic mass is 10.0. The van der Waals surface area contributed by atoms with Crippen LogP contribution in [-0.2, 0) is 9.47 Å². The number of aryl methyl sites for hydroxylation is 1. The first-order chi connectivity index (χ1) is 13.0. The minimum Gasteiger partial charge on any atom is -0.347 e. The van der Waals surface area contributed by atoms with E-state index in [1.165, 1.54) is 0 Å². The summed E-state index contributed by atoms with van der Waals surface area (Å²) in [4.78, 5) is 23.4. The van der Waals surface area contributed by atoms with Crippen LogP contribution in [0.4, 0.5) is 11.6 Å². The van der Waals surface area contributed by atoms with Crippen LogP contribution in [0.25, 0.3) is 0 Å². The molecule has 0 aliphatic carbocycles. The Bertz CT molecular complexity index is 845. The molecule has 1 spiro atoms. The summed E-state index contributed by atoms with van der Waals surface area (Å²) >= 11 is 5.97. The molecule has 0 bridgehead atoms. The van der Waals surface area contributed by atoms with Gasteiger partial charge in [0, 0.05) is 42.8 Å². The van der Waals surface area contributed by atoms with Crippen molar-refractivity contribution in [3.8, 4) is 0 Å². The molecular weight excluding hydrogens is 368 g/mol. The van der Waals surface area contributed by atoms with Gasteiger partial charge >= 0.3 is 0 Å². The first-order valence-electron chi connectivity index (χ1n) is 8.98. The summed E-state index contributed by atoms with van der Waals surface area (Å²) in [6, 6.07) is 6.94. The number of rotatable bonds is 3. The summed E-state index contributed by atoms with van der Waals surface area (Å²) in [5, 5.41) is 3.51. The van der Waals surface area contributed by atoms with Crippen molar-refractivity contribution in [2.24, 2.45) is 0 Å². The van der Waals surface area contributed by atoms with Crippen molar-refractivity contribution >= 4 is 29.1 Å². The van der Waals surface area contributed by atoms with E-state index in [2.05, 4.69) is 20.2 Å². The Morgan fingerprint density at radius 3 is 2.67 bits per heavy atom. The van der Waals surface area contributed by atoms with Gasteiger partial charge < -0.3 is 19.7 Å². The zero-order valence-corrected chi connectivity index (χ0v) is 15.8. The predicted octanol–water partition coefficient (Wildman–Crippen LogP) is 3.03. The number of carbonyl (C=O) groups is 1. The van der Waals surface area contributed by atoms with Gasteiger partial charge in [0.1, 0.15) is 5.69 Å². The fourth-order valence-electron chi connectivity index (χ4n) is 3.41. The van der Waals surface area contributed by atoms with E-state index >= 15 is 0 Å². The van der Waals surface area contributed by atoms with Crippen LogP contribution >= 0.6 is 11.6 Å². The van der Waals surface area contributed by atoms with Crippen molar-refractivity contribution in [3.63, 3.8) is 0 Å². The van der Waals surface area contributed by atoms with Crippen molar-refractivity contribution in [2.45, 2.75) is 25.6 Å². The van der Waals surface area contributed by atoms with E-state index in [9.17, 15) is 4.79 Å². The highest BCUT2D eigenvalue weighted by atomic mass is 35.5. The number of piperidine rings is 1. The number of aromatic nitrogens is 2. The topological polar surface area (TPSA) is 76.6 Å². The fraction of sp³-hybridized carbons (Fsp3) is 0.421. The van der Waals surface area contributed by atoms with Crippen LogP contribution in [0, 0.1) is 6.92 Å². The number of ether oxygens (including phenoxy) is 2. The van der Waals surface area contributed by atoms with Crippen LogP contribution in [0.5, 0.6) is 0 Å². The minimum atomic E-state index is -0.447.